The van der Waals surface area contributed by atoms with Crippen molar-refractivity contribution >= 4 is 47.4 Å². The van der Waals surface area contributed by atoms with Crippen molar-refractivity contribution in [3.8, 4) is 5.75 Å². The van der Waals surface area contributed by atoms with Crippen LogP contribution in [0.15, 0.2) is 29.3 Å². The number of guanidine groups is 1. The highest BCUT2D eigenvalue weighted by atomic mass is 32.2. The lowest BCUT2D eigenvalue weighted by atomic mass is 10.0. The fraction of sp³-hybridized carbons (Fsp3) is 0.500. The average molecular weight is 584 g/mol. The summed E-state index contributed by atoms with van der Waals surface area (Å²) in [6.45, 7) is 0.237. The van der Waals surface area contributed by atoms with Crippen LogP contribution in [0.1, 0.15) is 31.2 Å². The Balaban J connectivity index is 3.09. The summed E-state index contributed by atoms with van der Waals surface area (Å²) in [7, 11) is 0. The molecule has 4 unspecified atom stereocenters. The third-order valence-electron chi connectivity index (χ3n) is 5.55. The first kappa shape index (κ1) is 34.0. The quantitative estimate of drug-likeness (QED) is 0.0520. The van der Waals surface area contributed by atoms with E-state index in [-0.39, 0.29) is 37.5 Å². The second-order valence-corrected chi connectivity index (χ2v) is 9.81. The van der Waals surface area contributed by atoms with Gasteiger partial charge in [0.05, 0.1) is 12.5 Å². The highest BCUT2D eigenvalue weighted by Gasteiger charge is 2.31. The molecule has 222 valence electrons. The van der Waals surface area contributed by atoms with E-state index in [0.29, 0.717) is 17.7 Å². The Bertz CT molecular complexity index is 1050. The molecule has 0 aliphatic heterocycles. The van der Waals surface area contributed by atoms with Gasteiger partial charge in [0.15, 0.2) is 5.96 Å². The summed E-state index contributed by atoms with van der Waals surface area (Å²) >= 11 is 1.36. The second-order valence-electron chi connectivity index (χ2n) is 8.83. The Morgan fingerprint density at radius 2 is 1.48 bits per heavy atom. The zero-order chi connectivity index (χ0) is 30.2. The molecule has 3 amide bonds. The minimum absolute atomic E-state index is 0.0239. The van der Waals surface area contributed by atoms with E-state index in [1.165, 1.54) is 36.0 Å². The first-order chi connectivity index (χ1) is 18.8. The fourth-order valence-corrected chi connectivity index (χ4v) is 3.90. The lowest BCUT2D eigenvalue weighted by molar-refractivity contribution is -0.143. The van der Waals surface area contributed by atoms with Crippen LogP contribution in [0.2, 0.25) is 0 Å². The molecule has 12 N–H and O–H groups in total. The summed E-state index contributed by atoms with van der Waals surface area (Å²) < 4.78 is 0. The number of hydrogen-bond acceptors (Lipinski definition) is 9. The molecule has 40 heavy (non-hydrogen) atoms. The average Bonchev–Trinajstić information content (AvgIpc) is 2.88. The molecule has 0 aliphatic carbocycles. The normalized spacial score (nSPS) is 13.7. The van der Waals surface area contributed by atoms with Crippen molar-refractivity contribution in [1.29, 1.82) is 0 Å². The predicted octanol–water partition coefficient (Wildman–Crippen LogP) is -1.92. The zero-order valence-corrected chi connectivity index (χ0v) is 22.9. The SMILES string of the molecule is CSCCC(NC(=O)C(CC(=O)O)NC(=O)C(Cc1ccc(O)cc1)NC(=O)C(N)CCCN=C(N)N)C(=O)O. The predicted molar refractivity (Wildman–Crippen MR) is 148 cm³/mol. The highest BCUT2D eigenvalue weighted by Crippen LogP contribution is 2.12. The number of phenolic OH excluding ortho intramolecular Hbond substituents is 1. The molecule has 1 aromatic carbocycles. The van der Waals surface area contributed by atoms with Gasteiger partial charge in [-0.3, -0.25) is 24.2 Å². The number of nitrogens with zero attached hydrogens (tertiary/aromatic N) is 1. The van der Waals surface area contributed by atoms with Crippen LogP contribution < -0.4 is 33.2 Å². The van der Waals surface area contributed by atoms with Crippen molar-refractivity contribution in [2.75, 3.05) is 18.6 Å². The van der Waals surface area contributed by atoms with Crippen LogP contribution in [0, 0.1) is 0 Å². The van der Waals surface area contributed by atoms with Crippen LogP contribution in [0.5, 0.6) is 5.75 Å². The van der Waals surface area contributed by atoms with Gasteiger partial charge < -0.3 is 48.5 Å². The van der Waals surface area contributed by atoms with Crippen LogP contribution >= 0.6 is 11.8 Å². The monoisotopic (exact) mass is 583 g/mol. The summed E-state index contributed by atoms with van der Waals surface area (Å²) in [5, 5.41) is 35.3. The summed E-state index contributed by atoms with van der Waals surface area (Å²) in [5.41, 5.74) is 17.0. The Labute approximate surface area is 235 Å². The zero-order valence-electron chi connectivity index (χ0n) is 22.0. The van der Waals surface area contributed by atoms with Gasteiger partial charge >= 0.3 is 11.9 Å². The number of phenols is 1. The summed E-state index contributed by atoms with van der Waals surface area (Å²) in [4.78, 5) is 65.6. The number of nitrogens with one attached hydrogen (secondary N) is 3. The molecule has 1 aromatic rings. The van der Waals surface area contributed by atoms with Crippen molar-refractivity contribution in [2.45, 2.75) is 56.3 Å². The maximum absolute atomic E-state index is 13.2. The van der Waals surface area contributed by atoms with E-state index in [9.17, 15) is 39.3 Å². The number of rotatable bonds is 18. The van der Waals surface area contributed by atoms with E-state index in [1.807, 2.05) is 0 Å². The van der Waals surface area contributed by atoms with E-state index in [1.54, 1.807) is 6.26 Å². The van der Waals surface area contributed by atoms with E-state index in [2.05, 4.69) is 20.9 Å². The largest absolute Gasteiger partial charge is 0.508 e. The fourth-order valence-electron chi connectivity index (χ4n) is 3.43. The summed E-state index contributed by atoms with van der Waals surface area (Å²) in [5.74, 6) is -5.04. The van der Waals surface area contributed by atoms with Crippen molar-refractivity contribution in [3.63, 3.8) is 0 Å². The molecule has 16 heteroatoms. The number of benzene rings is 1. The van der Waals surface area contributed by atoms with E-state index >= 15 is 0 Å². The van der Waals surface area contributed by atoms with Gasteiger partial charge in [0.2, 0.25) is 17.7 Å². The number of aliphatic carboxylic acids is 2. The Morgan fingerprint density at radius 1 is 0.900 bits per heavy atom. The Hall–Kier alpha value is -4.05. The van der Waals surface area contributed by atoms with Gasteiger partial charge in [-0.25, -0.2) is 4.79 Å². The molecule has 0 aromatic heterocycles. The first-order valence-electron chi connectivity index (χ1n) is 12.3. The number of carboxylic acid groups (broad SMARTS) is 2. The van der Waals surface area contributed by atoms with Gasteiger partial charge in [0.1, 0.15) is 23.9 Å². The van der Waals surface area contributed by atoms with Crippen LogP contribution in [0.4, 0.5) is 0 Å². The van der Waals surface area contributed by atoms with Crippen LogP contribution in [-0.2, 0) is 30.4 Å². The van der Waals surface area contributed by atoms with Crippen molar-refractivity contribution in [2.24, 2.45) is 22.2 Å². The topological polar surface area (TPSA) is 273 Å². The molecule has 0 fully saturated rings. The molecule has 0 bridgehead atoms. The van der Waals surface area contributed by atoms with Gasteiger partial charge in [0.25, 0.3) is 0 Å². The Morgan fingerprint density at radius 3 is 2.02 bits per heavy atom. The highest BCUT2D eigenvalue weighted by molar-refractivity contribution is 7.98. The van der Waals surface area contributed by atoms with Crippen molar-refractivity contribution in [3.05, 3.63) is 29.8 Å². The molecule has 0 heterocycles. The van der Waals surface area contributed by atoms with Gasteiger partial charge in [-0.05, 0) is 49.0 Å². The number of carboxylic acids is 2. The van der Waals surface area contributed by atoms with Gasteiger partial charge in [-0.1, -0.05) is 12.1 Å². The number of aliphatic imine (C=N–C) groups is 1. The second kappa shape index (κ2) is 17.5. The molecule has 0 radical (unpaired) electrons. The van der Waals surface area contributed by atoms with E-state index in [0.717, 1.165) is 0 Å². The minimum atomic E-state index is -1.63. The van der Waals surface area contributed by atoms with Crippen LogP contribution in [-0.4, -0.2) is 93.7 Å². The number of thioether (sulfide) groups is 1. The molecular weight excluding hydrogens is 546 g/mol. The third kappa shape index (κ3) is 13.1. The maximum atomic E-state index is 13.2. The smallest absolute Gasteiger partial charge is 0.326 e. The number of carbonyl (C=O) groups excluding carboxylic acids is 3. The number of amides is 3. The van der Waals surface area contributed by atoms with Gasteiger partial charge in [-0.2, -0.15) is 11.8 Å². The molecule has 0 saturated carbocycles. The van der Waals surface area contributed by atoms with Crippen LogP contribution in [0.25, 0.3) is 0 Å². The maximum Gasteiger partial charge on any atom is 0.326 e. The standard InChI is InChI=1S/C24H37N7O8S/c1-40-10-8-16(23(38)39)29-22(37)18(12-19(33)34)31-21(36)17(11-13-4-6-14(32)7-5-13)30-20(35)15(25)3-2-9-28-24(26)27/h4-7,15-18,32H,2-3,8-12,25H2,1H3,(H,29,37)(H,30,35)(H,31,36)(H,33,34)(H,38,39)(H4,26,27,28). The molecule has 0 saturated heterocycles. The molecular formula is C24H37N7O8S. The van der Waals surface area contributed by atoms with Gasteiger partial charge in [0, 0.05) is 13.0 Å². The molecule has 4 atom stereocenters. The molecule has 15 nitrogen and oxygen atoms in total. The third-order valence-corrected chi connectivity index (χ3v) is 6.19. The molecule has 1 rings (SSSR count). The summed E-state index contributed by atoms with van der Waals surface area (Å²) in [6, 6.07) is 0.535. The number of carbonyl (C=O) groups is 5. The van der Waals surface area contributed by atoms with Crippen molar-refractivity contribution < 1.29 is 39.3 Å². The lowest BCUT2D eigenvalue weighted by Gasteiger charge is -2.24. The number of nitrogens with two attached hydrogens (primary N) is 3. The van der Waals surface area contributed by atoms with Crippen molar-refractivity contribution in [1.82, 2.24) is 16.0 Å². The molecule has 0 aliphatic rings. The van der Waals surface area contributed by atoms with Crippen LogP contribution in [0.3, 0.4) is 0 Å². The first-order valence-corrected chi connectivity index (χ1v) is 13.7. The van der Waals surface area contributed by atoms with E-state index < -0.39 is 60.2 Å². The Kier molecular flexibility index (Phi) is 14.9. The number of hydrogen-bond donors (Lipinski definition) is 9. The van der Waals surface area contributed by atoms with Gasteiger partial charge in [-0.15, -0.1) is 0 Å². The number of aromatic hydroxyl groups is 1. The summed E-state index contributed by atoms with van der Waals surface area (Å²) in [6.07, 6.45) is 1.47. The van der Waals surface area contributed by atoms with E-state index in [4.69, 9.17) is 17.2 Å². The molecule has 0 spiro atoms. The lowest BCUT2D eigenvalue weighted by Crippen LogP contribution is -2.58. The minimum Gasteiger partial charge on any atom is -0.508 e.